The van der Waals surface area contributed by atoms with E-state index in [1.165, 1.54) is 6.08 Å². The molecule has 0 aliphatic heterocycles. The monoisotopic (exact) mass is 186 g/mol. The summed E-state index contributed by atoms with van der Waals surface area (Å²) in [7, 11) is 0. The van der Waals surface area contributed by atoms with Crippen LogP contribution in [0.3, 0.4) is 0 Å². The highest BCUT2D eigenvalue weighted by molar-refractivity contribution is 14.1. The third-order valence-corrected chi connectivity index (χ3v) is 0.687. The molecule has 0 unspecified atom stereocenters. The van der Waals surface area contributed by atoms with Gasteiger partial charge in [-0.2, -0.15) is 0 Å². The summed E-state index contributed by atoms with van der Waals surface area (Å²) in [6.07, 6.45) is 1.44. The first-order valence-corrected chi connectivity index (χ1v) is 2.47. The fourth-order valence-corrected chi connectivity index (χ4v) is 0.226. The molecular weight excluding hydrogens is 182 g/mol. The molecule has 0 aliphatic carbocycles. The molecule has 0 fully saturated rings. The molecule has 0 saturated carbocycles. The Morgan fingerprint density at radius 3 is 2.40 bits per heavy atom. The van der Waals surface area contributed by atoms with Crippen LogP contribution in [0.25, 0.3) is 0 Å². The Kier molecular flexibility index (Phi) is 4.75. The van der Waals surface area contributed by atoms with Gasteiger partial charge in [-0.25, -0.2) is 4.39 Å². The quantitative estimate of drug-likeness (QED) is 0.548. The smallest absolute Gasteiger partial charge is 0.108 e. The van der Waals surface area contributed by atoms with E-state index in [4.69, 9.17) is 0 Å². The maximum Gasteiger partial charge on any atom is 0.108 e. The summed E-state index contributed by atoms with van der Waals surface area (Å²) in [5.74, 6) is 0. The van der Waals surface area contributed by atoms with Crippen molar-refractivity contribution in [3.63, 3.8) is 0 Å². The zero-order valence-electron chi connectivity index (χ0n) is 2.62. The van der Waals surface area contributed by atoms with E-state index in [-0.39, 0.29) is 6.67 Å². The third-order valence-electron chi connectivity index (χ3n) is 0.178. The van der Waals surface area contributed by atoms with Crippen molar-refractivity contribution in [1.29, 1.82) is 0 Å². The second-order valence-electron chi connectivity index (χ2n) is 0.516. The molecule has 0 saturated heterocycles. The number of hydrogen-bond acceptors (Lipinski definition) is 0. The molecule has 0 aromatic rings. The van der Waals surface area contributed by atoms with Gasteiger partial charge in [0.05, 0.1) is 0 Å². The van der Waals surface area contributed by atoms with Gasteiger partial charge in [0.1, 0.15) is 6.67 Å². The summed E-state index contributed by atoms with van der Waals surface area (Å²) in [5, 5.41) is 0. The Hall–Kier alpha value is 0.400. The zero-order chi connectivity index (χ0) is 4.12. The maximum atomic E-state index is 10.9. The first-order chi connectivity index (χ1) is 2.41. The van der Waals surface area contributed by atoms with Crippen molar-refractivity contribution >= 4 is 22.6 Å². The van der Waals surface area contributed by atoms with E-state index in [0.717, 1.165) is 0 Å². The molecule has 0 heterocycles. The molecule has 0 radical (unpaired) electrons. The van der Waals surface area contributed by atoms with Gasteiger partial charge in [0.2, 0.25) is 0 Å². The summed E-state index contributed by atoms with van der Waals surface area (Å²) in [4.78, 5) is 0. The van der Waals surface area contributed by atoms with Crippen LogP contribution in [0.2, 0.25) is 0 Å². The second-order valence-corrected chi connectivity index (χ2v) is 1.24. The third kappa shape index (κ3) is 4.40. The second kappa shape index (κ2) is 4.40. The molecule has 30 valence electrons. The Labute approximate surface area is 44.2 Å². The average molecular weight is 186 g/mol. The van der Waals surface area contributed by atoms with Crippen molar-refractivity contribution in [2.45, 2.75) is 0 Å². The molecule has 0 amide bonds. The minimum absolute atomic E-state index is 0.344. The van der Waals surface area contributed by atoms with Crippen LogP contribution in [0, 0.1) is 0 Å². The fraction of sp³-hybridized carbons (Fsp3) is 0.333. The largest absolute Gasteiger partial charge is 0.247 e. The SMILES string of the molecule is FCC=CI. The summed E-state index contributed by atoms with van der Waals surface area (Å²) in [6, 6.07) is 0. The Bertz CT molecular complexity index is 33.9. The number of halogens is 2. The first-order valence-electron chi connectivity index (χ1n) is 1.23. The molecule has 0 nitrogen and oxygen atoms in total. The van der Waals surface area contributed by atoms with Gasteiger partial charge >= 0.3 is 0 Å². The molecular formula is C3H4FI. The molecule has 2 heteroatoms. The summed E-state index contributed by atoms with van der Waals surface area (Å²) in [5.41, 5.74) is 0. The predicted molar refractivity (Wildman–Crippen MR) is 29.1 cm³/mol. The van der Waals surface area contributed by atoms with Crippen LogP contribution in [0.1, 0.15) is 0 Å². The van der Waals surface area contributed by atoms with Crippen LogP contribution in [-0.4, -0.2) is 6.67 Å². The molecule has 0 aromatic carbocycles. The lowest BCUT2D eigenvalue weighted by Crippen LogP contribution is -1.51. The van der Waals surface area contributed by atoms with Gasteiger partial charge in [-0.15, -0.1) is 0 Å². The van der Waals surface area contributed by atoms with E-state index >= 15 is 0 Å². The summed E-state index contributed by atoms with van der Waals surface area (Å²) in [6.45, 7) is -0.344. The van der Waals surface area contributed by atoms with Gasteiger partial charge < -0.3 is 0 Å². The van der Waals surface area contributed by atoms with Crippen molar-refractivity contribution in [1.82, 2.24) is 0 Å². The minimum Gasteiger partial charge on any atom is -0.247 e. The van der Waals surface area contributed by atoms with Crippen molar-refractivity contribution < 1.29 is 4.39 Å². The van der Waals surface area contributed by atoms with E-state index in [1.54, 1.807) is 4.08 Å². The molecule has 0 bridgehead atoms. The average Bonchev–Trinajstić information content (AvgIpc) is 1.41. The highest BCUT2D eigenvalue weighted by Crippen LogP contribution is 1.81. The fourth-order valence-electron chi connectivity index (χ4n) is 0.0337. The van der Waals surface area contributed by atoms with Crippen molar-refractivity contribution in [3.05, 3.63) is 10.2 Å². The van der Waals surface area contributed by atoms with Gasteiger partial charge in [0.25, 0.3) is 0 Å². The lowest BCUT2D eigenvalue weighted by Gasteiger charge is -1.60. The maximum absolute atomic E-state index is 10.9. The van der Waals surface area contributed by atoms with Crippen molar-refractivity contribution in [3.8, 4) is 0 Å². The van der Waals surface area contributed by atoms with E-state index in [9.17, 15) is 4.39 Å². The van der Waals surface area contributed by atoms with E-state index in [1.807, 2.05) is 22.6 Å². The highest BCUT2D eigenvalue weighted by atomic mass is 127. The Morgan fingerprint density at radius 2 is 2.40 bits per heavy atom. The lowest BCUT2D eigenvalue weighted by molar-refractivity contribution is 0.562. The number of allylic oxidation sites excluding steroid dienone is 1. The van der Waals surface area contributed by atoms with Crippen LogP contribution < -0.4 is 0 Å². The molecule has 0 N–H and O–H groups in total. The lowest BCUT2D eigenvalue weighted by atomic mass is 10.7. The van der Waals surface area contributed by atoms with Crippen LogP contribution in [0.5, 0.6) is 0 Å². The first kappa shape index (κ1) is 5.40. The van der Waals surface area contributed by atoms with Gasteiger partial charge in [0.15, 0.2) is 0 Å². The highest BCUT2D eigenvalue weighted by Gasteiger charge is 1.57. The zero-order valence-corrected chi connectivity index (χ0v) is 4.78. The molecule has 0 rings (SSSR count). The minimum atomic E-state index is -0.344. The number of rotatable bonds is 1. The van der Waals surface area contributed by atoms with E-state index in [0.29, 0.717) is 0 Å². The normalized spacial score (nSPS) is 10.0. The van der Waals surface area contributed by atoms with Gasteiger partial charge in [0, 0.05) is 0 Å². The van der Waals surface area contributed by atoms with E-state index < -0.39 is 0 Å². The molecule has 0 spiro atoms. The number of hydrogen-bond donors (Lipinski definition) is 0. The molecule has 0 aromatic heterocycles. The van der Waals surface area contributed by atoms with Crippen LogP contribution in [-0.2, 0) is 0 Å². The van der Waals surface area contributed by atoms with Gasteiger partial charge in [-0.3, -0.25) is 0 Å². The van der Waals surface area contributed by atoms with Crippen LogP contribution >= 0.6 is 22.6 Å². The van der Waals surface area contributed by atoms with Crippen LogP contribution in [0.4, 0.5) is 4.39 Å². The summed E-state index contributed by atoms with van der Waals surface area (Å²) >= 11 is 1.97. The standard InChI is InChI=1S/C3H4FI/c4-2-1-3-5/h1,3H,2H2. The Balaban J connectivity index is 2.62. The van der Waals surface area contributed by atoms with Gasteiger partial charge in [-0.1, -0.05) is 22.6 Å². The Morgan fingerprint density at radius 1 is 1.80 bits per heavy atom. The summed E-state index contributed by atoms with van der Waals surface area (Å²) < 4.78 is 12.6. The van der Waals surface area contributed by atoms with Crippen molar-refractivity contribution in [2.75, 3.05) is 6.67 Å². The molecule has 0 aliphatic rings. The van der Waals surface area contributed by atoms with Crippen molar-refractivity contribution in [2.24, 2.45) is 0 Å². The number of alkyl halides is 1. The molecule has 5 heavy (non-hydrogen) atoms. The van der Waals surface area contributed by atoms with E-state index in [2.05, 4.69) is 0 Å². The topological polar surface area (TPSA) is 0 Å². The predicted octanol–water partition coefficient (Wildman–Crippen LogP) is 1.90. The molecule has 0 atom stereocenters. The van der Waals surface area contributed by atoms with Crippen LogP contribution in [0.15, 0.2) is 10.2 Å². The van der Waals surface area contributed by atoms with Gasteiger partial charge in [-0.05, 0) is 10.2 Å².